The lowest BCUT2D eigenvalue weighted by molar-refractivity contribution is 0.581. The van der Waals surface area contributed by atoms with Crippen LogP contribution in [0.2, 0.25) is 0 Å². The van der Waals surface area contributed by atoms with Gasteiger partial charge in [0.05, 0.1) is 4.90 Å². The summed E-state index contributed by atoms with van der Waals surface area (Å²) in [6, 6.07) is 9.57. The molecule has 0 aliphatic heterocycles. The van der Waals surface area contributed by atoms with Crippen molar-refractivity contribution in [3.05, 3.63) is 51.7 Å². The van der Waals surface area contributed by atoms with Crippen LogP contribution in [0.15, 0.2) is 40.6 Å². The van der Waals surface area contributed by atoms with Crippen molar-refractivity contribution < 1.29 is 8.42 Å². The Morgan fingerprint density at radius 1 is 1.25 bits per heavy atom. The third-order valence-electron chi connectivity index (χ3n) is 3.13. The molecular weight excluding hydrogens is 292 g/mol. The summed E-state index contributed by atoms with van der Waals surface area (Å²) in [5, 5.41) is 1.75. The van der Waals surface area contributed by atoms with Crippen molar-refractivity contribution in [3.63, 3.8) is 0 Å². The molecule has 0 atom stereocenters. The molecule has 2 aromatic rings. The average molecular weight is 310 g/mol. The second-order valence-electron chi connectivity index (χ2n) is 4.49. The number of benzene rings is 1. The molecule has 0 saturated heterocycles. The number of aryl methyl sites for hydroxylation is 1. The van der Waals surface area contributed by atoms with Crippen LogP contribution in [0, 0.1) is 6.92 Å². The summed E-state index contributed by atoms with van der Waals surface area (Å²) < 4.78 is 27.0. The zero-order valence-electron chi connectivity index (χ0n) is 11.3. The third-order valence-corrected chi connectivity index (χ3v) is 5.75. The molecule has 0 aliphatic carbocycles. The van der Waals surface area contributed by atoms with E-state index in [1.54, 1.807) is 11.4 Å². The normalized spacial score (nSPS) is 11.7. The topological polar surface area (TPSA) is 72.2 Å². The molecule has 0 bridgehead atoms. The zero-order chi connectivity index (χ0) is 14.6. The van der Waals surface area contributed by atoms with Gasteiger partial charge in [-0.15, -0.1) is 11.3 Å². The predicted octanol–water partition coefficient (Wildman–Crippen LogP) is 2.04. The Balaban J connectivity index is 2.02. The number of hydrogen-bond acceptors (Lipinski definition) is 4. The van der Waals surface area contributed by atoms with Crippen LogP contribution < -0.4 is 10.5 Å². The van der Waals surface area contributed by atoms with Crippen molar-refractivity contribution in [2.24, 2.45) is 5.73 Å². The van der Waals surface area contributed by atoms with E-state index in [9.17, 15) is 8.42 Å². The fraction of sp³-hybridized carbons (Fsp3) is 0.286. The first-order valence-electron chi connectivity index (χ1n) is 6.35. The lowest BCUT2D eigenvalue weighted by atomic mass is 10.1. The minimum Gasteiger partial charge on any atom is -0.326 e. The molecule has 0 fully saturated rings. The van der Waals surface area contributed by atoms with Crippen molar-refractivity contribution in [3.8, 4) is 0 Å². The smallest absolute Gasteiger partial charge is 0.241 e. The highest BCUT2D eigenvalue weighted by molar-refractivity contribution is 7.89. The Hall–Kier alpha value is -1.21. The van der Waals surface area contributed by atoms with E-state index in [1.165, 1.54) is 16.9 Å². The minimum atomic E-state index is -3.46. The van der Waals surface area contributed by atoms with E-state index in [-0.39, 0.29) is 6.54 Å². The maximum atomic E-state index is 12.2. The molecule has 6 heteroatoms. The second kappa shape index (κ2) is 6.49. The molecule has 20 heavy (non-hydrogen) atoms. The first-order chi connectivity index (χ1) is 9.54. The van der Waals surface area contributed by atoms with E-state index in [0.29, 0.717) is 22.7 Å². The molecule has 108 valence electrons. The highest BCUT2D eigenvalue weighted by Gasteiger charge is 2.18. The highest BCUT2D eigenvalue weighted by atomic mass is 32.2. The molecule has 4 nitrogen and oxygen atoms in total. The lowest BCUT2D eigenvalue weighted by Crippen LogP contribution is -2.26. The average Bonchev–Trinajstić information content (AvgIpc) is 2.90. The Labute approximate surface area is 123 Å². The molecule has 0 saturated carbocycles. The van der Waals surface area contributed by atoms with Gasteiger partial charge in [0.15, 0.2) is 0 Å². The van der Waals surface area contributed by atoms with E-state index >= 15 is 0 Å². The van der Waals surface area contributed by atoms with Crippen LogP contribution in [0.25, 0.3) is 0 Å². The first kappa shape index (κ1) is 15.2. The molecule has 0 spiro atoms. The van der Waals surface area contributed by atoms with Gasteiger partial charge in [0.2, 0.25) is 10.0 Å². The number of hydrogen-bond donors (Lipinski definition) is 2. The summed E-state index contributed by atoms with van der Waals surface area (Å²) in [5.74, 6) is 0. The molecule has 2 rings (SSSR count). The van der Waals surface area contributed by atoms with Crippen molar-refractivity contribution in [1.82, 2.24) is 4.72 Å². The number of nitrogens with one attached hydrogen (secondary N) is 1. The van der Waals surface area contributed by atoms with Gasteiger partial charge >= 0.3 is 0 Å². The second-order valence-corrected chi connectivity index (χ2v) is 7.22. The molecule has 0 radical (unpaired) electrons. The Morgan fingerprint density at radius 3 is 2.70 bits per heavy atom. The predicted molar refractivity (Wildman–Crippen MR) is 82.3 cm³/mol. The number of nitrogens with two attached hydrogens (primary N) is 1. The third kappa shape index (κ3) is 3.46. The molecule has 1 heterocycles. The molecular formula is C14H18N2O2S2. The number of thiophene rings is 1. The van der Waals surface area contributed by atoms with Gasteiger partial charge in [-0.05, 0) is 35.9 Å². The Kier molecular flexibility index (Phi) is 4.93. The summed E-state index contributed by atoms with van der Waals surface area (Å²) in [6.45, 7) is 2.65. The number of rotatable bonds is 6. The molecule has 0 amide bonds. The standard InChI is InChI=1S/C14H18N2O2S2/c1-11-4-2-3-5-12(11)6-8-16-20(17,18)14-7-9-19-13(14)10-15/h2-5,7,9,16H,6,8,10,15H2,1H3. The lowest BCUT2D eigenvalue weighted by Gasteiger charge is -2.08. The number of sulfonamides is 1. The Morgan fingerprint density at radius 2 is 2.00 bits per heavy atom. The van der Waals surface area contributed by atoms with Crippen LogP contribution >= 0.6 is 11.3 Å². The zero-order valence-corrected chi connectivity index (χ0v) is 12.9. The van der Waals surface area contributed by atoms with Crippen molar-refractivity contribution in [2.75, 3.05) is 6.54 Å². The summed E-state index contributed by atoms with van der Waals surface area (Å²) in [7, 11) is -3.46. The van der Waals surface area contributed by atoms with E-state index in [2.05, 4.69) is 4.72 Å². The van der Waals surface area contributed by atoms with E-state index in [4.69, 9.17) is 5.73 Å². The molecule has 1 aromatic heterocycles. The van der Waals surface area contributed by atoms with Crippen LogP contribution in [0.5, 0.6) is 0 Å². The van der Waals surface area contributed by atoms with Gasteiger partial charge in [-0.2, -0.15) is 0 Å². The molecule has 1 aromatic carbocycles. The van der Waals surface area contributed by atoms with Gasteiger partial charge in [-0.1, -0.05) is 24.3 Å². The van der Waals surface area contributed by atoms with Crippen LogP contribution in [0.4, 0.5) is 0 Å². The van der Waals surface area contributed by atoms with Gasteiger partial charge < -0.3 is 5.73 Å². The van der Waals surface area contributed by atoms with E-state index < -0.39 is 10.0 Å². The Bertz CT molecular complexity index is 678. The van der Waals surface area contributed by atoms with Gasteiger partial charge in [-0.3, -0.25) is 0 Å². The van der Waals surface area contributed by atoms with Gasteiger partial charge in [0.1, 0.15) is 0 Å². The van der Waals surface area contributed by atoms with Crippen molar-refractivity contribution >= 4 is 21.4 Å². The maximum absolute atomic E-state index is 12.2. The maximum Gasteiger partial charge on any atom is 0.241 e. The summed E-state index contributed by atoms with van der Waals surface area (Å²) in [6.07, 6.45) is 0.675. The monoisotopic (exact) mass is 310 g/mol. The van der Waals surface area contributed by atoms with Crippen LogP contribution in [0.3, 0.4) is 0 Å². The first-order valence-corrected chi connectivity index (χ1v) is 8.71. The van der Waals surface area contributed by atoms with Crippen LogP contribution in [0.1, 0.15) is 16.0 Å². The van der Waals surface area contributed by atoms with E-state index in [1.807, 2.05) is 31.2 Å². The molecule has 0 aliphatic rings. The van der Waals surface area contributed by atoms with Gasteiger partial charge in [0, 0.05) is 18.0 Å². The van der Waals surface area contributed by atoms with Crippen molar-refractivity contribution in [1.29, 1.82) is 0 Å². The summed E-state index contributed by atoms with van der Waals surface area (Å²) >= 11 is 1.36. The fourth-order valence-corrected chi connectivity index (χ4v) is 4.37. The van der Waals surface area contributed by atoms with Crippen molar-refractivity contribution in [2.45, 2.75) is 24.8 Å². The molecule has 0 unspecified atom stereocenters. The quantitative estimate of drug-likeness (QED) is 0.857. The van der Waals surface area contributed by atoms with Gasteiger partial charge in [0.25, 0.3) is 0 Å². The fourth-order valence-electron chi connectivity index (χ4n) is 2.01. The highest BCUT2D eigenvalue weighted by Crippen LogP contribution is 2.21. The molecule has 3 N–H and O–H groups in total. The van der Waals surface area contributed by atoms with Crippen LogP contribution in [-0.4, -0.2) is 15.0 Å². The van der Waals surface area contributed by atoms with Crippen LogP contribution in [-0.2, 0) is 23.0 Å². The SMILES string of the molecule is Cc1ccccc1CCNS(=O)(=O)c1ccsc1CN. The summed E-state index contributed by atoms with van der Waals surface area (Å²) in [5.41, 5.74) is 7.87. The minimum absolute atomic E-state index is 0.242. The van der Waals surface area contributed by atoms with Gasteiger partial charge in [-0.25, -0.2) is 13.1 Å². The summed E-state index contributed by atoms with van der Waals surface area (Å²) in [4.78, 5) is 0.989. The largest absolute Gasteiger partial charge is 0.326 e. The van der Waals surface area contributed by atoms with E-state index in [0.717, 1.165) is 5.56 Å².